The smallest absolute Gasteiger partial charge is 0.335 e. The molecule has 0 amide bonds. The van der Waals surface area contributed by atoms with E-state index in [1.54, 1.807) is 24.3 Å². The van der Waals surface area contributed by atoms with Crippen LogP contribution in [0.3, 0.4) is 0 Å². The van der Waals surface area contributed by atoms with Gasteiger partial charge in [0, 0.05) is 0 Å². The van der Waals surface area contributed by atoms with Crippen LogP contribution in [0.1, 0.15) is 57.5 Å². The molecule has 3 N–H and O–H groups in total. The van der Waals surface area contributed by atoms with Crippen molar-refractivity contribution < 1.29 is 19.8 Å². The number of rotatable bonds is 6. The largest absolute Gasteiger partial charge is 0.478 e. The number of carboxylic acid groups (broad SMARTS) is 2. The fourth-order valence-electron chi connectivity index (χ4n) is 4.59. The summed E-state index contributed by atoms with van der Waals surface area (Å²) in [6, 6.07) is 14.6. The molecule has 33 heavy (non-hydrogen) atoms. The number of aromatic carboxylic acids is 2. The van der Waals surface area contributed by atoms with Crippen LogP contribution in [-0.2, 0) is 12.8 Å². The second-order valence-electron chi connectivity index (χ2n) is 9.35. The molecule has 0 atom stereocenters. The molecule has 0 saturated carbocycles. The summed E-state index contributed by atoms with van der Waals surface area (Å²) in [4.78, 5) is 23.8. The lowest BCUT2D eigenvalue weighted by Crippen LogP contribution is -2.30. The van der Waals surface area contributed by atoms with Crippen molar-refractivity contribution >= 4 is 11.9 Å². The maximum Gasteiger partial charge on any atom is 0.335 e. The van der Waals surface area contributed by atoms with Gasteiger partial charge in [0.15, 0.2) is 0 Å². The molecule has 0 unspecified atom stereocenters. The van der Waals surface area contributed by atoms with Crippen LogP contribution in [0.25, 0.3) is 0 Å². The zero-order valence-electron chi connectivity index (χ0n) is 19.5. The Bertz CT molecular complexity index is 881. The van der Waals surface area contributed by atoms with Gasteiger partial charge in [-0.3, -0.25) is 0 Å². The molecule has 4 rings (SSSR count). The van der Waals surface area contributed by atoms with Gasteiger partial charge in [0.25, 0.3) is 0 Å². The number of hydrogen-bond acceptors (Lipinski definition) is 4. The summed E-state index contributed by atoms with van der Waals surface area (Å²) < 4.78 is 0. The first-order valence-corrected chi connectivity index (χ1v) is 11.9. The monoisotopic (exact) mass is 452 g/mol. The van der Waals surface area contributed by atoms with Gasteiger partial charge >= 0.3 is 11.9 Å². The lowest BCUT2D eigenvalue weighted by Gasteiger charge is -2.28. The first-order chi connectivity index (χ1) is 15.9. The average molecular weight is 453 g/mol. The number of benzene rings is 2. The number of nitrogens with zero attached hydrogens (tertiary/aromatic N) is 1. The number of carboxylic acids is 2. The quantitative estimate of drug-likeness (QED) is 0.609. The van der Waals surface area contributed by atoms with E-state index in [4.69, 9.17) is 10.2 Å². The predicted molar refractivity (Wildman–Crippen MR) is 130 cm³/mol. The highest BCUT2D eigenvalue weighted by atomic mass is 16.4. The molecule has 6 nitrogen and oxygen atoms in total. The molecular weight excluding hydrogens is 416 g/mol. The highest BCUT2D eigenvalue weighted by Gasteiger charge is 2.17. The first kappa shape index (κ1) is 24.9. The van der Waals surface area contributed by atoms with Crippen molar-refractivity contribution in [2.45, 2.75) is 38.5 Å². The molecule has 2 heterocycles. The van der Waals surface area contributed by atoms with E-state index in [1.807, 2.05) is 24.3 Å². The first-order valence-electron chi connectivity index (χ1n) is 11.9. The van der Waals surface area contributed by atoms with Crippen molar-refractivity contribution in [1.29, 1.82) is 0 Å². The fraction of sp³-hybridized carbons (Fsp3) is 0.481. The number of likely N-dealkylation sites (tertiary alicyclic amines) is 1. The minimum atomic E-state index is -0.853. The topological polar surface area (TPSA) is 89.9 Å². The van der Waals surface area contributed by atoms with Crippen LogP contribution in [0.4, 0.5) is 0 Å². The van der Waals surface area contributed by atoms with E-state index in [2.05, 4.69) is 17.3 Å². The van der Waals surface area contributed by atoms with Gasteiger partial charge in [0.1, 0.15) is 0 Å². The van der Waals surface area contributed by atoms with E-state index in [0.29, 0.717) is 11.1 Å². The van der Waals surface area contributed by atoms with Crippen molar-refractivity contribution in [2.24, 2.45) is 11.8 Å². The maximum atomic E-state index is 10.7. The zero-order valence-corrected chi connectivity index (χ0v) is 19.5. The number of nitrogens with one attached hydrogen (secondary N) is 1. The minimum Gasteiger partial charge on any atom is -0.478 e. The van der Waals surface area contributed by atoms with Crippen LogP contribution in [0.15, 0.2) is 48.5 Å². The third-order valence-corrected chi connectivity index (χ3v) is 6.75. The second kappa shape index (κ2) is 12.5. The summed E-state index contributed by atoms with van der Waals surface area (Å²) in [6.07, 6.45) is 7.09. The molecule has 2 aromatic rings. The number of hydrogen-bond donors (Lipinski definition) is 3. The van der Waals surface area contributed by atoms with Gasteiger partial charge in [0.05, 0.1) is 11.1 Å². The summed E-state index contributed by atoms with van der Waals surface area (Å²) in [6.45, 7) is 4.57. The molecule has 0 spiro atoms. The lowest BCUT2D eigenvalue weighted by molar-refractivity contribution is 0.0686. The van der Waals surface area contributed by atoms with Crippen molar-refractivity contribution in [1.82, 2.24) is 10.2 Å². The molecular formula is C27H36N2O4. The Morgan fingerprint density at radius 3 is 1.55 bits per heavy atom. The van der Waals surface area contributed by atoms with E-state index in [-0.39, 0.29) is 0 Å². The van der Waals surface area contributed by atoms with Crippen molar-refractivity contribution in [3.8, 4) is 0 Å². The van der Waals surface area contributed by atoms with Gasteiger partial charge in [-0.2, -0.15) is 0 Å². The number of carbonyl (C=O) groups is 2. The fourth-order valence-corrected chi connectivity index (χ4v) is 4.59. The molecule has 178 valence electrons. The Kier molecular flexibility index (Phi) is 9.46. The third kappa shape index (κ3) is 8.30. The number of piperidine rings is 2. The van der Waals surface area contributed by atoms with E-state index in [0.717, 1.165) is 37.8 Å². The van der Waals surface area contributed by atoms with Crippen molar-refractivity contribution in [3.63, 3.8) is 0 Å². The molecule has 0 radical (unpaired) electrons. The highest BCUT2D eigenvalue weighted by Crippen LogP contribution is 2.21. The Labute approximate surface area is 196 Å². The third-order valence-electron chi connectivity index (χ3n) is 6.75. The normalized spacial score (nSPS) is 17.7. The average Bonchev–Trinajstić information content (AvgIpc) is 2.82. The summed E-state index contributed by atoms with van der Waals surface area (Å²) in [5.41, 5.74) is 3.24. The Hall–Kier alpha value is -2.70. The molecule has 2 aliphatic rings. The summed E-state index contributed by atoms with van der Waals surface area (Å²) in [7, 11) is 2.16. The van der Waals surface area contributed by atoms with Gasteiger partial charge in [-0.15, -0.1) is 0 Å². The standard InChI is InChI=1S/C14H19NO2.C13H17NO2/c1-15-8-6-12(7-9-15)10-11-2-4-13(5-3-11)14(16)17;15-13(16)12-3-1-10(2-4-12)9-11-5-7-14-8-6-11/h2-5,12H,6-10H2,1H3,(H,16,17);1-4,11,14H,5-9H2,(H,15,16). The molecule has 0 aliphatic carbocycles. The molecule has 2 saturated heterocycles. The minimum absolute atomic E-state index is 0.370. The van der Waals surface area contributed by atoms with Crippen LogP contribution in [0.5, 0.6) is 0 Å². The van der Waals surface area contributed by atoms with Crippen molar-refractivity contribution in [3.05, 3.63) is 70.8 Å². The van der Waals surface area contributed by atoms with E-state index in [9.17, 15) is 9.59 Å². The molecule has 0 aromatic heterocycles. The van der Waals surface area contributed by atoms with Gasteiger partial charge in [0.2, 0.25) is 0 Å². The lowest BCUT2D eigenvalue weighted by atomic mass is 9.90. The molecule has 0 bridgehead atoms. The SMILES string of the molecule is CN1CCC(Cc2ccc(C(=O)O)cc2)CC1.O=C(O)c1ccc(CC2CCNCC2)cc1. The summed E-state index contributed by atoms with van der Waals surface area (Å²) in [5.74, 6) is -0.205. The van der Waals surface area contributed by atoms with Crippen LogP contribution >= 0.6 is 0 Å². The molecule has 2 aliphatic heterocycles. The van der Waals surface area contributed by atoms with Gasteiger partial charge in [-0.05, 0) is 119 Å². The van der Waals surface area contributed by atoms with E-state index < -0.39 is 11.9 Å². The van der Waals surface area contributed by atoms with Gasteiger partial charge in [-0.1, -0.05) is 24.3 Å². The van der Waals surface area contributed by atoms with Crippen molar-refractivity contribution in [2.75, 3.05) is 33.2 Å². The van der Waals surface area contributed by atoms with E-state index in [1.165, 1.54) is 49.9 Å². The second-order valence-corrected chi connectivity index (χ2v) is 9.35. The van der Waals surface area contributed by atoms with Crippen LogP contribution in [0.2, 0.25) is 0 Å². The highest BCUT2D eigenvalue weighted by molar-refractivity contribution is 5.87. The molecule has 6 heteroatoms. The summed E-state index contributed by atoms with van der Waals surface area (Å²) >= 11 is 0. The van der Waals surface area contributed by atoms with Crippen LogP contribution < -0.4 is 5.32 Å². The molecule has 2 aromatic carbocycles. The Morgan fingerprint density at radius 1 is 0.758 bits per heavy atom. The van der Waals surface area contributed by atoms with Gasteiger partial charge < -0.3 is 20.4 Å². The molecule has 2 fully saturated rings. The Morgan fingerprint density at radius 2 is 1.15 bits per heavy atom. The van der Waals surface area contributed by atoms with Crippen LogP contribution in [-0.4, -0.2) is 60.3 Å². The zero-order chi connectivity index (χ0) is 23.6. The van der Waals surface area contributed by atoms with Gasteiger partial charge in [-0.25, -0.2) is 9.59 Å². The Balaban J connectivity index is 0.000000186. The maximum absolute atomic E-state index is 10.7. The summed E-state index contributed by atoms with van der Waals surface area (Å²) in [5, 5.41) is 21.0. The van der Waals surface area contributed by atoms with E-state index >= 15 is 0 Å². The predicted octanol–water partition coefficient (Wildman–Crippen LogP) is 4.20. The van der Waals surface area contributed by atoms with Crippen LogP contribution in [0, 0.1) is 11.8 Å².